The van der Waals surface area contributed by atoms with Gasteiger partial charge in [-0.05, 0) is 56.8 Å². The highest BCUT2D eigenvalue weighted by Gasteiger charge is 2.29. The second-order valence-electron chi connectivity index (χ2n) is 8.13. The van der Waals surface area contributed by atoms with Gasteiger partial charge in [0.2, 0.25) is 0 Å². The first kappa shape index (κ1) is 18.7. The predicted molar refractivity (Wildman–Crippen MR) is 108 cm³/mol. The first-order valence-electron chi connectivity index (χ1n) is 9.71. The zero-order valence-corrected chi connectivity index (χ0v) is 16.2. The van der Waals surface area contributed by atoms with Crippen LogP contribution in [0.2, 0.25) is 0 Å². The highest BCUT2D eigenvalue weighted by molar-refractivity contribution is 5.69. The number of halogens is 1. The molecule has 0 radical (unpaired) electrons. The summed E-state index contributed by atoms with van der Waals surface area (Å²) in [5.41, 5.74) is 7.62. The van der Waals surface area contributed by atoms with Gasteiger partial charge in [-0.1, -0.05) is 13.0 Å². The molecule has 0 bridgehead atoms. The van der Waals surface area contributed by atoms with E-state index < -0.39 is 5.60 Å². The lowest BCUT2D eigenvalue weighted by Gasteiger charge is -2.34. The SMILES string of the molecule is CC1C=C2C=CC(F)=CN2C(c2ncc(N)c(NC3CCC(C)(O)CC3)n2)=C1. The smallest absolute Gasteiger partial charge is 0.178 e. The van der Waals surface area contributed by atoms with Crippen LogP contribution in [0, 0.1) is 5.92 Å². The van der Waals surface area contributed by atoms with E-state index in [1.165, 1.54) is 12.3 Å². The lowest BCUT2D eigenvalue weighted by Crippen LogP contribution is -2.36. The molecule has 1 atom stereocenters. The third kappa shape index (κ3) is 3.80. The van der Waals surface area contributed by atoms with Crippen LogP contribution in [0.25, 0.3) is 5.70 Å². The van der Waals surface area contributed by atoms with Crippen molar-refractivity contribution in [3.8, 4) is 0 Å². The average molecular weight is 383 g/mol. The molecule has 4 N–H and O–H groups in total. The van der Waals surface area contributed by atoms with E-state index in [0.29, 0.717) is 17.3 Å². The first-order chi connectivity index (χ1) is 13.3. The fourth-order valence-electron chi connectivity index (χ4n) is 3.87. The van der Waals surface area contributed by atoms with Crippen molar-refractivity contribution in [2.75, 3.05) is 11.1 Å². The van der Waals surface area contributed by atoms with Crippen LogP contribution in [0.4, 0.5) is 15.9 Å². The van der Waals surface area contributed by atoms with Crippen LogP contribution in [0.1, 0.15) is 45.4 Å². The van der Waals surface area contributed by atoms with Gasteiger partial charge in [0.25, 0.3) is 0 Å². The van der Waals surface area contributed by atoms with Crippen LogP contribution in [0.3, 0.4) is 0 Å². The summed E-state index contributed by atoms with van der Waals surface area (Å²) in [4.78, 5) is 10.8. The Morgan fingerprint density at radius 3 is 2.79 bits per heavy atom. The Morgan fingerprint density at radius 1 is 1.29 bits per heavy atom. The van der Waals surface area contributed by atoms with E-state index in [1.807, 2.05) is 13.0 Å². The Morgan fingerprint density at radius 2 is 2.04 bits per heavy atom. The zero-order valence-electron chi connectivity index (χ0n) is 16.2. The molecule has 1 aromatic rings. The van der Waals surface area contributed by atoms with Gasteiger partial charge < -0.3 is 21.1 Å². The normalized spacial score (nSPS) is 29.6. The minimum Gasteiger partial charge on any atom is -0.394 e. The number of rotatable bonds is 3. The molecule has 6 nitrogen and oxygen atoms in total. The van der Waals surface area contributed by atoms with Gasteiger partial charge in [-0.15, -0.1) is 0 Å². The van der Waals surface area contributed by atoms with Crippen LogP contribution in [0.5, 0.6) is 0 Å². The molecule has 1 fully saturated rings. The molecular weight excluding hydrogens is 357 g/mol. The van der Waals surface area contributed by atoms with Crippen molar-refractivity contribution >= 4 is 17.2 Å². The van der Waals surface area contributed by atoms with Gasteiger partial charge in [-0.3, -0.25) is 0 Å². The van der Waals surface area contributed by atoms with Gasteiger partial charge >= 0.3 is 0 Å². The largest absolute Gasteiger partial charge is 0.394 e. The molecule has 2 aliphatic heterocycles. The monoisotopic (exact) mass is 383 g/mol. The number of nitrogens with zero attached hydrogens (tertiary/aromatic N) is 3. The Balaban J connectivity index is 1.59. The van der Waals surface area contributed by atoms with Gasteiger partial charge in [0.15, 0.2) is 11.6 Å². The van der Waals surface area contributed by atoms with Crippen molar-refractivity contribution in [1.29, 1.82) is 0 Å². The number of allylic oxidation sites excluding steroid dienone is 5. The van der Waals surface area contributed by atoms with Crippen LogP contribution in [0.15, 0.2) is 48.2 Å². The summed E-state index contributed by atoms with van der Waals surface area (Å²) in [7, 11) is 0. The van der Waals surface area contributed by atoms with Gasteiger partial charge in [-0.2, -0.15) is 0 Å². The number of nitrogens with two attached hydrogens (primary N) is 1. The van der Waals surface area contributed by atoms with E-state index in [2.05, 4.69) is 28.3 Å². The highest BCUT2D eigenvalue weighted by atomic mass is 19.1. The fraction of sp³-hybridized carbons (Fsp3) is 0.429. The van der Waals surface area contributed by atoms with E-state index in [1.54, 1.807) is 17.2 Å². The molecule has 0 amide bonds. The predicted octanol–water partition coefficient (Wildman–Crippen LogP) is 3.72. The van der Waals surface area contributed by atoms with Crippen molar-refractivity contribution in [2.45, 2.75) is 51.2 Å². The van der Waals surface area contributed by atoms with Crippen molar-refractivity contribution in [3.63, 3.8) is 0 Å². The van der Waals surface area contributed by atoms with Gasteiger partial charge in [0.1, 0.15) is 5.83 Å². The van der Waals surface area contributed by atoms with E-state index in [0.717, 1.165) is 37.1 Å². The number of hydrogen-bond donors (Lipinski definition) is 3. The molecule has 4 rings (SSSR count). The quantitative estimate of drug-likeness (QED) is 0.737. The summed E-state index contributed by atoms with van der Waals surface area (Å²) in [5.74, 6) is 0.939. The Bertz CT molecular complexity index is 892. The maximum Gasteiger partial charge on any atom is 0.178 e. The Labute approximate surface area is 164 Å². The fourth-order valence-corrected chi connectivity index (χ4v) is 3.87. The molecule has 0 saturated heterocycles. The van der Waals surface area contributed by atoms with Gasteiger partial charge in [-0.25, -0.2) is 14.4 Å². The molecule has 0 aromatic carbocycles. The molecular formula is C21H26FN5O. The number of fused-ring (bicyclic) bond motifs is 1. The Kier molecular flexibility index (Phi) is 4.71. The minimum atomic E-state index is -0.593. The lowest BCUT2D eigenvalue weighted by atomic mass is 9.84. The van der Waals surface area contributed by atoms with E-state index in [-0.39, 0.29) is 17.8 Å². The molecule has 148 valence electrons. The topological polar surface area (TPSA) is 87.3 Å². The highest BCUT2D eigenvalue weighted by Crippen LogP contribution is 2.35. The number of nitrogen functional groups attached to an aromatic ring is 1. The second-order valence-corrected chi connectivity index (χ2v) is 8.13. The first-order valence-corrected chi connectivity index (χ1v) is 9.71. The second kappa shape index (κ2) is 7.05. The number of hydrogen-bond acceptors (Lipinski definition) is 6. The average Bonchev–Trinajstić information content (AvgIpc) is 2.65. The third-order valence-electron chi connectivity index (χ3n) is 5.51. The number of anilines is 2. The summed E-state index contributed by atoms with van der Waals surface area (Å²) in [6, 6.07) is 0.204. The number of nitrogens with one attached hydrogen (secondary N) is 1. The minimum absolute atomic E-state index is 0.179. The van der Waals surface area contributed by atoms with Gasteiger partial charge in [0.05, 0.1) is 23.2 Å². The van der Waals surface area contributed by atoms with E-state index >= 15 is 0 Å². The molecule has 1 saturated carbocycles. The van der Waals surface area contributed by atoms with Crippen LogP contribution < -0.4 is 11.1 Å². The van der Waals surface area contributed by atoms with Crippen LogP contribution in [-0.2, 0) is 0 Å². The molecule has 28 heavy (non-hydrogen) atoms. The van der Waals surface area contributed by atoms with Crippen molar-refractivity contribution in [3.05, 3.63) is 54.0 Å². The molecule has 3 heterocycles. The van der Waals surface area contributed by atoms with Crippen molar-refractivity contribution in [2.24, 2.45) is 5.92 Å². The lowest BCUT2D eigenvalue weighted by molar-refractivity contribution is 0.0196. The van der Waals surface area contributed by atoms with Gasteiger partial charge in [0, 0.05) is 17.9 Å². The molecule has 1 aromatic heterocycles. The summed E-state index contributed by atoms with van der Waals surface area (Å²) < 4.78 is 13.8. The van der Waals surface area contributed by atoms with Crippen LogP contribution >= 0.6 is 0 Å². The third-order valence-corrected chi connectivity index (χ3v) is 5.51. The number of aromatic nitrogens is 2. The zero-order chi connectivity index (χ0) is 19.9. The van der Waals surface area contributed by atoms with E-state index in [4.69, 9.17) is 5.73 Å². The molecule has 7 heteroatoms. The molecule has 3 aliphatic rings. The van der Waals surface area contributed by atoms with Crippen molar-refractivity contribution in [1.82, 2.24) is 14.9 Å². The molecule has 1 unspecified atom stereocenters. The summed E-state index contributed by atoms with van der Waals surface area (Å²) in [6.45, 7) is 3.94. The van der Waals surface area contributed by atoms with Crippen molar-refractivity contribution < 1.29 is 9.50 Å². The standard InChI is InChI=1S/C21H26FN5O/c1-13-9-16-4-3-14(22)12-27(16)18(10-13)20-24-11-17(23)19(26-20)25-15-5-7-21(2,28)8-6-15/h3-4,9-13,15,28H,5-8,23H2,1-2H3,(H,24,25,26). The summed E-state index contributed by atoms with van der Waals surface area (Å²) >= 11 is 0. The Hall–Kier alpha value is -2.67. The maximum atomic E-state index is 13.8. The summed E-state index contributed by atoms with van der Waals surface area (Å²) in [5, 5.41) is 13.6. The number of aliphatic hydroxyl groups is 1. The van der Waals surface area contributed by atoms with E-state index in [9.17, 15) is 9.50 Å². The molecule has 1 aliphatic carbocycles. The molecule has 0 spiro atoms. The van der Waals surface area contributed by atoms with Crippen LogP contribution in [-0.4, -0.2) is 31.6 Å². The maximum absolute atomic E-state index is 13.8. The summed E-state index contributed by atoms with van der Waals surface area (Å²) in [6.07, 6.45) is 13.5.